The quantitative estimate of drug-likeness (QED) is 0.668. The summed E-state index contributed by atoms with van der Waals surface area (Å²) in [6.45, 7) is 1.48. The van der Waals surface area contributed by atoms with Crippen LogP contribution in [0.2, 0.25) is 0 Å². The number of fused-ring (bicyclic) bond motifs is 1. The summed E-state index contributed by atoms with van der Waals surface area (Å²) >= 11 is 0. The first-order valence-electron chi connectivity index (χ1n) is 9.19. The van der Waals surface area contributed by atoms with Crippen molar-refractivity contribution in [2.24, 2.45) is 0 Å². The van der Waals surface area contributed by atoms with Gasteiger partial charge in [0.25, 0.3) is 5.91 Å². The maximum Gasteiger partial charge on any atom is 0.254 e. The van der Waals surface area contributed by atoms with Crippen molar-refractivity contribution >= 4 is 17.5 Å². The van der Waals surface area contributed by atoms with Gasteiger partial charge in [0, 0.05) is 30.7 Å². The van der Waals surface area contributed by atoms with Gasteiger partial charge in [-0.05, 0) is 36.2 Å². The zero-order valence-corrected chi connectivity index (χ0v) is 15.5. The summed E-state index contributed by atoms with van der Waals surface area (Å²) in [7, 11) is 0. The molecule has 0 atom stereocenters. The molecule has 148 valence electrons. The SMILES string of the molecule is O=C(NCCc1ccc(F)cc1)c1cnc(Nc2ccc3c(c2)OCCO3)nc1. The lowest BCUT2D eigenvalue weighted by atomic mass is 10.1. The van der Waals surface area contributed by atoms with Gasteiger partial charge in [0.1, 0.15) is 19.0 Å². The van der Waals surface area contributed by atoms with Gasteiger partial charge in [-0.1, -0.05) is 12.1 Å². The molecule has 0 bridgehead atoms. The van der Waals surface area contributed by atoms with Gasteiger partial charge in [0.2, 0.25) is 5.95 Å². The highest BCUT2D eigenvalue weighted by atomic mass is 19.1. The third-order valence-corrected chi connectivity index (χ3v) is 4.32. The summed E-state index contributed by atoms with van der Waals surface area (Å²) in [6.07, 6.45) is 3.53. The van der Waals surface area contributed by atoms with E-state index in [4.69, 9.17) is 9.47 Å². The van der Waals surface area contributed by atoms with Crippen LogP contribution in [-0.2, 0) is 6.42 Å². The number of hydrogen-bond donors (Lipinski definition) is 2. The van der Waals surface area contributed by atoms with Crippen molar-refractivity contribution in [2.45, 2.75) is 6.42 Å². The van der Waals surface area contributed by atoms with Gasteiger partial charge in [-0.15, -0.1) is 0 Å². The number of aromatic nitrogens is 2. The van der Waals surface area contributed by atoms with Crippen molar-refractivity contribution < 1.29 is 18.7 Å². The molecule has 2 heterocycles. The number of amides is 1. The first kappa shape index (κ1) is 18.7. The van der Waals surface area contributed by atoms with E-state index in [2.05, 4.69) is 20.6 Å². The molecule has 4 rings (SSSR count). The third-order valence-electron chi connectivity index (χ3n) is 4.32. The van der Waals surface area contributed by atoms with E-state index in [1.165, 1.54) is 24.5 Å². The van der Waals surface area contributed by atoms with Gasteiger partial charge in [0.15, 0.2) is 11.5 Å². The van der Waals surface area contributed by atoms with Crippen molar-refractivity contribution in [2.75, 3.05) is 25.1 Å². The molecule has 0 radical (unpaired) electrons. The van der Waals surface area contributed by atoms with Gasteiger partial charge in [0.05, 0.1) is 5.56 Å². The Kier molecular flexibility index (Phi) is 5.51. The minimum Gasteiger partial charge on any atom is -0.486 e. The zero-order valence-electron chi connectivity index (χ0n) is 15.5. The van der Waals surface area contributed by atoms with Crippen LogP contribution >= 0.6 is 0 Å². The molecule has 0 spiro atoms. The van der Waals surface area contributed by atoms with Gasteiger partial charge in [-0.3, -0.25) is 4.79 Å². The molecule has 1 aliphatic heterocycles. The Labute approximate surface area is 166 Å². The highest BCUT2D eigenvalue weighted by molar-refractivity contribution is 5.93. The summed E-state index contributed by atoms with van der Waals surface area (Å²) in [5.74, 6) is 1.19. The number of halogens is 1. The van der Waals surface area contributed by atoms with Crippen LogP contribution in [0, 0.1) is 5.82 Å². The van der Waals surface area contributed by atoms with E-state index >= 15 is 0 Å². The molecule has 29 heavy (non-hydrogen) atoms. The fraction of sp³-hybridized carbons (Fsp3) is 0.190. The topological polar surface area (TPSA) is 85.4 Å². The first-order chi connectivity index (χ1) is 14.2. The van der Waals surface area contributed by atoms with Gasteiger partial charge >= 0.3 is 0 Å². The molecule has 8 heteroatoms. The Morgan fingerprint density at radius 2 is 1.72 bits per heavy atom. The number of ether oxygens (including phenoxy) is 2. The van der Waals surface area contributed by atoms with E-state index in [1.54, 1.807) is 12.1 Å². The molecule has 0 saturated heterocycles. The normalized spacial score (nSPS) is 12.3. The lowest BCUT2D eigenvalue weighted by molar-refractivity contribution is 0.0953. The Balaban J connectivity index is 1.31. The number of benzene rings is 2. The molecule has 2 aromatic carbocycles. The van der Waals surface area contributed by atoms with Crippen molar-refractivity contribution in [1.29, 1.82) is 0 Å². The van der Waals surface area contributed by atoms with Crippen LogP contribution < -0.4 is 20.1 Å². The second-order valence-corrected chi connectivity index (χ2v) is 6.41. The predicted octanol–water partition coefficient (Wildman–Crippen LogP) is 3.10. The fourth-order valence-corrected chi connectivity index (χ4v) is 2.83. The zero-order chi connectivity index (χ0) is 20.1. The summed E-state index contributed by atoms with van der Waals surface area (Å²) in [4.78, 5) is 20.6. The highest BCUT2D eigenvalue weighted by Gasteiger charge is 2.12. The monoisotopic (exact) mass is 394 g/mol. The fourth-order valence-electron chi connectivity index (χ4n) is 2.83. The molecule has 3 aromatic rings. The van der Waals surface area contributed by atoms with Crippen molar-refractivity contribution in [1.82, 2.24) is 15.3 Å². The lowest BCUT2D eigenvalue weighted by Gasteiger charge is -2.18. The molecular formula is C21H19FN4O3. The van der Waals surface area contributed by atoms with Crippen LogP contribution in [0.3, 0.4) is 0 Å². The molecule has 1 amide bonds. The first-order valence-corrected chi connectivity index (χ1v) is 9.19. The van der Waals surface area contributed by atoms with E-state index in [0.717, 1.165) is 11.3 Å². The van der Waals surface area contributed by atoms with E-state index in [1.807, 2.05) is 18.2 Å². The average Bonchev–Trinajstić information content (AvgIpc) is 2.75. The maximum absolute atomic E-state index is 12.9. The summed E-state index contributed by atoms with van der Waals surface area (Å²) in [5, 5.41) is 5.87. The largest absolute Gasteiger partial charge is 0.486 e. The summed E-state index contributed by atoms with van der Waals surface area (Å²) < 4.78 is 23.9. The molecule has 1 aromatic heterocycles. The smallest absolute Gasteiger partial charge is 0.254 e. The van der Waals surface area contributed by atoms with Gasteiger partial charge < -0.3 is 20.1 Å². The Morgan fingerprint density at radius 3 is 2.48 bits per heavy atom. The number of nitrogens with zero attached hydrogens (tertiary/aromatic N) is 2. The lowest BCUT2D eigenvalue weighted by Crippen LogP contribution is -2.26. The van der Waals surface area contributed by atoms with Crippen LogP contribution in [0.1, 0.15) is 15.9 Å². The highest BCUT2D eigenvalue weighted by Crippen LogP contribution is 2.33. The minimum absolute atomic E-state index is 0.266. The Morgan fingerprint density at radius 1 is 1.00 bits per heavy atom. The molecule has 2 N–H and O–H groups in total. The number of nitrogens with one attached hydrogen (secondary N) is 2. The molecule has 7 nitrogen and oxygen atoms in total. The third kappa shape index (κ3) is 4.78. The summed E-state index contributed by atoms with van der Waals surface area (Å²) in [5.41, 5.74) is 2.06. The van der Waals surface area contributed by atoms with Crippen molar-refractivity contribution in [3.05, 3.63) is 71.8 Å². The van der Waals surface area contributed by atoms with Gasteiger partial charge in [-0.25, -0.2) is 14.4 Å². The van der Waals surface area contributed by atoms with Gasteiger partial charge in [-0.2, -0.15) is 0 Å². The standard InChI is InChI=1S/C21H19FN4O3/c22-16-3-1-14(2-4-16)7-8-23-20(27)15-12-24-21(25-13-15)26-17-5-6-18-19(11-17)29-10-9-28-18/h1-6,11-13H,7-10H2,(H,23,27)(H,24,25,26). The van der Waals surface area contributed by atoms with Crippen LogP contribution in [0.4, 0.5) is 16.0 Å². The maximum atomic E-state index is 12.9. The Hall–Kier alpha value is -3.68. The predicted molar refractivity (Wildman–Crippen MR) is 105 cm³/mol. The van der Waals surface area contributed by atoms with E-state index in [9.17, 15) is 9.18 Å². The minimum atomic E-state index is -0.278. The van der Waals surface area contributed by atoms with E-state index < -0.39 is 0 Å². The van der Waals surface area contributed by atoms with Crippen molar-refractivity contribution in [3.63, 3.8) is 0 Å². The number of anilines is 2. The molecule has 0 saturated carbocycles. The van der Waals surface area contributed by atoms with E-state index in [-0.39, 0.29) is 11.7 Å². The van der Waals surface area contributed by atoms with E-state index in [0.29, 0.717) is 49.2 Å². The van der Waals surface area contributed by atoms with Crippen LogP contribution in [0.15, 0.2) is 54.9 Å². The molecular weight excluding hydrogens is 375 g/mol. The number of carbonyl (C=O) groups is 1. The number of rotatable bonds is 6. The van der Waals surface area contributed by atoms with Crippen LogP contribution in [0.5, 0.6) is 11.5 Å². The Bertz CT molecular complexity index is 994. The molecule has 1 aliphatic rings. The summed E-state index contributed by atoms with van der Waals surface area (Å²) in [6, 6.07) is 11.7. The van der Waals surface area contributed by atoms with Crippen LogP contribution in [-0.4, -0.2) is 35.6 Å². The van der Waals surface area contributed by atoms with Crippen LogP contribution in [0.25, 0.3) is 0 Å². The second-order valence-electron chi connectivity index (χ2n) is 6.41. The number of carbonyl (C=O) groups excluding carboxylic acids is 1. The average molecular weight is 394 g/mol. The van der Waals surface area contributed by atoms with Crippen molar-refractivity contribution in [3.8, 4) is 11.5 Å². The molecule has 0 unspecified atom stereocenters. The second kappa shape index (κ2) is 8.55. The molecule has 0 fully saturated rings. The molecule has 0 aliphatic carbocycles. The number of hydrogen-bond acceptors (Lipinski definition) is 6.